The van der Waals surface area contributed by atoms with Gasteiger partial charge in [-0.25, -0.2) is 0 Å². The quantitative estimate of drug-likeness (QED) is 0.106. The van der Waals surface area contributed by atoms with E-state index in [4.69, 9.17) is 26.0 Å². The zero-order chi connectivity index (χ0) is 32.3. The SMILES string of the molecule is CCOP(=O)(OCC)C(NC(=S)NC(=O)[C@]1(C)CCC[C@]2(C)c3ccc(C(C)C)cc3/C(=N\O)CC12)c1ccccc1OC. The number of oxime groups is 1. The number of carbonyl (C=O) groups is 1. The zero-order valence-electron chi connectivity index (χ0n) is 26.8. The normalized spacial score (nSPS) is 24.7. The van der Waals surface area contributed by atoms with Crippen molar-refractivity contribution in [1.82, 2.24) is 10.6 Å². The summed E-state index contributed by atoms with van der Waals surface area (Å²) < 4.78 is 31.0. The number of nitrogens with one attached hydrogen (secondary N) is 2. The molecule has 4 rings (SSSR count). The summed E-state index contributed by atoms with van der Waals surface area (Å²) in [6, 6.07) is 13.5. The van der Waals surface area contributed by atoms with Gasteiger partial charge in [-0.1, -0.05) is 69.6 Å². The van der Waals surface area contributed by atoms with E-state index in [-0.39, 0.29) is 35.6 Å². The summed E-state index contributed by atoms with van der Waals surface area (Å²) in [6.45, 7) is 12.3. The molecule has 2 aliphatic carbocycles. The lowest BCUT2D eigenvalue weighted by atomic mass is 9.49. The van der Waals surface area contributed by atoms with Crippen molar-refractivity contribution < 1.29 is 28.4 Å². The Morgan fingerprint density at radius 1 is 1.14 bits per heavy atom. The fourth-order valence-corrected chi connectivity index (χ4v) is 9.38. The Morgan fingerprint density at radius 2 is 1.82 bits per heavy atom. The Hall–Kier alpha value is -2.78. The van der Waals surface area contributed by atoms with Gasteiger partial charge in [0, 0.05) is 11.1 Å². The molecule has 9 nitrogen and oxygen atoms in total. The van der Waals surface area contributed by atoms with E-state index in [0.29, 0.717) is 35.8 Å². The molecular weight excluding hydrogens is 597 g/mol. The molecule has 11 heteroatoms. The Morgan fingerprint density at radius 3 is 2.43 bits per heavy atom. The molecule has 0 radical (unpaired) electrons. The lowest BCUT2D eigenvalue weighted by Gasteiger charge is -2.54. The highest BCUT2D eigenvalue weighted by Crippen LogP contribution is 2.61. The van der Waals surface area contributed by atoms with Gasteiger partial charge >= 0.3 is 7.60 Å². The summed E-state index contributed by atoms with van der Waals surface area (Å²) in [5, 5.41) is 19.8. The number of fused-ring (bicyclic) bond motifs is 3. The van der Waals surface area contributed by atoms with E-state index < -0.39 is 18.8 Å². The second kappa shape index (κ2) is 13.7. The van der Waals surface area contributed by atoms with Crippen LogP contribution in [0.2, 0.25) is 0 Å². The van der Waals surface area contributed by atoms with Crippen LogP contribution < -0.4 is 15.4 Å². The fourth-order valence-electron chi connectivity index (χ4n) is 7.15. The van der Waals surface area contributed by atoms with Crippen molar-refractivity contribution in [3.63, 3.8) is 0 Å². The van der Waals surface area contributed by atoms with Crippen LogP contribution in [0.5, 0.6) is 5.75 Å². The van der Waals surface area contributed by atoms with Crippen molar-refractivity contribution in [1.29, 1.82) is 0 Å². The van der Waals surface area contributed by atoms with Crippen molar-refractivity contribution in [3.05, 3.63) is 64.7 Å². The van der Waals surface area contributed by atoms with Crippen LogP contribution in [-0.2, 0) is 23.8 Å². The molecule has 1 amide bonds. The maximum Gasteiger partial charge on any atom is 0.357 e. The minimum Gasteiger partial charge on any atom is -0.496 e. The van der Waals surface area contributed by atoms with Crippen LogP contribution in [0, 0.1) is 11.3 Å². The lowest BCUT2D eigenvalue weighted by molar-refractivity contribution is -0.136. The molecule has 2 unspecified atom stereocenters. The predicted molar refractivity (Wildman–Crippen MR) is 177 cm³/mol. The van der Waals surface area contributed by atoms with Crippen LogP contribution in [0.25, 0.3) is 0 Å². The van der Waals surface area contributed by atoms with Gasteiger partial charge in [0.1, 0.15) is 5.75 Å². The van der Waals surface area contributed by atoms with Crippen molar-refractivity contribution in [2.24, 2.45) is 16.5 Å². The molecule has 0 spiro atoms. The third-order valence-corrected chi connectivity index (χ3v) is 12.0. The summed E-state index contributed by atoms with van der Waals surface area (Å²) in [7, 11) is -2.28. The lowest BCUT2D eigenvalue weighted by Crippen LogP contribution is -2.58. The second-order valence-electron chi connectivity index (χ2n) is 12.4. The van der Waals surface area contributed by atoms with Gasteiger partial charge < -0.3 is 29.6 Å². The van der Waals surface area contributed by atoms with Gasteiger partial charge in [-0.2, -0.15) is 0 Å². The number of carbonyl (C=O) groups excluding carboxylic acids is 1. The third-order valence-electron chi connectivity index (χ3n) is 9.47. The average Bonchev–Trinajstić information content (AvgIpc) is 2.99. The highest BCUT2D eigenvalue weighted by molar-refractivity contribution is 7.80. The second-order valence-corrected chi connectivity index (χ2v) is 14.9. The van der Waals surface area contributed by atoms with E-state index in [9.17, 15) is 14.6 Å². The van der Waals surface area contributed by atoms with E-state index in [0.717, 1.165) is 24.0 Å². The molecule has 0 bridgehead atoms. The number of benzene rings is 2. The van der Waals surface area contributed by atoms with Gasteiger partial charge in [0.05, 0.1) is 31.5 Å². The van der Waals surface area contributed by atoms with Crippen LogP contribution in [-0.4, -0.2) is 42.3 Å². The monoisotopic (exact) mass is 643 g/mol. The summed E-state index contributed by atoms with van der Waals surface area (Å²) in [5.74, 6) is -0.599. The minimum atomic E-state index is -3.81. The van der Waals surface area contributed by atoms with Crippen LogP contribution in [0.15, 0.2) is 47.6 Å². The molecule has 2 aromatic carbocycles. The molecule has 2 aliphatic rings. The number of hydrogen-bond acceptors (Lipinski definition) is 8. The zero-order valence-corrected chi connectivity index (χ0v) is 28.5. The number of amides is 1. The van der Waals surface area contributed by atoms with Gasteiger partial charge in [-0.15, -0.1) is 0 Å². The van der Waals surface area contributed by atoms with Crippen LogP contribution in [0.1, 0.15) is 101 Å². The van der Waals surface area contributed by atoms with E-state index in [1.807, 2.05) is 13.0 Å². The van der Waals surface area contributed by atoms with Crippen molar-refractivity contribution in [2.45, 2.75) is 84.3 Å². The first-order chi connectivity index (χ1) is 20.9. The number of thiocarbonyl (C=S) groups is 1. The highest BCUT2D eigenvalue weighted by atomic mass is 32.1. The molecule has 44 heavy (non-hydrogen) atoms. The molecule has 1 fully saturated rings. The number of ether oxygens (including phenoxy) is 1. The topological polar surface area (TPSA) is 118 Å². The predicted octanol–water partition coefficient (Wildman–Crippen LogP) is 7.42. The smallest absolute Gasteiger partial charge is 0.357 e. The van der Waals surface area contributed by atoms with Crippen molar-refractivity contribution in [2.75, 3.05) is 20.3 Å². The van der Waals surface area contributed by atoms with Gasteiger partial charge in [0.15, 0.2) is 10.9 Å². The Balaban J connectivity index is 1.66. The Kier molecular flexibility index (Phi) is 10.6. The molecule has 3 N–H and O–H groups in total. The standard InChI is InChI=1S/C33H46N3O6PS/c1-8-41-43(39,42-9-2)29(23-13-10-11-14-27(23)40-7)34-31(44)35-30(37)33(6)18-12-17-32(5)25-16-15-22(21(3)4)19-24(25)26(36-38)20-28(32)33/h10-11,13-16,19,21,28-29,38H,8-9,12,17-18,20H2,1-7H3,(H2,34,35,37,44)/b36-26-/t28?,29?,32-,33-/m1/s1. The molecule has 1 saturated carbocycles. The maximum absolute atomic E-state index is 14.2. The molecule has 0 aromatic heterocycles. The van der Waals surface area contributed by atoms with Crippen LogP contribution in [0.4, 0.5) is 0 Å². The number of rotatable bonds is 10. The average molecular weight is 644 g/mol. The number of hydrogen-bond donors (Lipinski definition) is 3. The first kappa shape index (κ1) is 34.1. The molecule has 0 heterocycles. The van der Waals surface area contributed by atoms with Crippen molar-refractivity contribution in [3.8, 4) is 5.75 Å². The van der Waals surface area contributed by atoms with Crippen LogP contribution in [0.3, 0.4) is 0 Å². The first-order valence-electron chi connectivity index (χ1n) is 15.4. The molecular formula is C33H46N3O6PS. The Labute approximate surface area is 266 Å². The number of para-hydroxylation sites is 1. The third kappa shape index (κ3) is 6.32. The molecule has 4 atom stereocenters. The molecule has 240 valence electrons. The summed E-state index contributed by atoms with van der Waals surface area (Å²) >= 11 is 5.68. The van der Waals surface area contributed by atoms with E-state index in [1.165, 1.54) is 12.7 Å². The number of methoxy groups -OCH3 is 1. The largest absolute Gasteiger partial charge is 0.496 e. The highest BCUT2D eigenvalue weighted by Gasteiger charge is 2.56. The summed E-state index contributed by atoms with van der Waals surface area (Å²) in [4.78, 5) is 14.2. The van der Waals surface area contributed by atoms with E-state index in [2.05, 4.69) is 54.8 Å². The van der Waals surface area contributed by atoms with Gasteiger partial charge in [0.2, 0.25) is 5.91 Å². The van der Waals surface area contributed by atoms with Crippen LogP contribution >= 0.6 is 19.8 Å². The van der Waals surface area contributed by atoms with E-state index >= 15 is 0 Å². The first-order valence-corrected chi connectivity index (χ1v) is 17.4. The molecule has 0 saturated heterocycles. The fraction of sp³-hybridized carbons (Fsp3) is 0.545. The van der Waals surface area contributed by atoms with Gasteiger partial charge in [0.25, 0.3) is 0 Å². The van der Waals surface area contributed by atoms with E-state index in [1.54, 1.807) is 32.0 Å². The minimum absolute atomic E-state index is 0.00729. The van der Waals surface area contributed by atoms with Crippen molar-refractivity contribution >= 4 is 36.5 Å². The number of nitrogens with zero attached hydrogens (tertiary/aromatic N) is 1. The maximum atomic E-state index is 14.2. The Bertz CT molecular complexity index is 1450. The van der Waals surface area contributed by atoms with Gasteiger partial charge in [-0.05, 0) is 85.8 Å². The summed E-state index contributed by atoms with van der Waals surface area (Å²) in [5.41, 5.74) is 3.24. The van der Waals surface area contributed by atoms with Gasteiger partial charge in [-0.3, -0.25) is 9.36 Å². The molecule has 2 aromatic rings. The summed E-state index contributed by atoms with van der Waals surface area (Å²) in [6.07, 6.45) is 2.87. The molecule has 0 aliphatic heterocycles.